The summed E-state index contributed by atoms with van der Waals surface area (Å²) in [7, 11) is 0. The maximum absolute atomic E-state index is 8.49. The SMILES string of the molecule is OCCCNCc1ccoc1Cl. The molecule has 2 N–H and O–H groups in total. The van der Waals surface area contributed by atoms with Gasteiger partial charge in [-0.05, 0) is 30.6 Å². The van der Waals surface area contributed by atoms with Crippen molar-refractivity contribution < 1.29 is 9.52 Å². The lowest BCUT2D eigenvalue weighted by Crippen LogP contribution is -2.15. The van der Waals surface area contributed by atoms with E-state index in [9.17, 15) is 0 Å². The average Bonchev–Trinajstić information content (AvgIpc) is 2.46. The van der Waals surface area contributed by atoms with E-state index in [1.54, 1.807) is 6.26 Å². The number of halogens is 1. The Morgan fingerprint density at radius 3 is 3.00 bits per heavy atom. The molecule has 0 spiro atoms. The molecular formula is C8H12ClNO2. The minimum absolute atomic E-state index is 0.214. The highest BCUT2D eigenvalue weighted by molar-refractivity contribution is 6.29. The van der Waals surface area contributed by atoms with Crippen molar-refractivity contribution in [3.63, 3.8) is 0 Å². The molecule has 0 unspecified atom stereocenters. The summed E-state index contributed by atoms with van der Waals surface area (Å²) in [4.78, 5) is 0. The number of aliphatic hydroxyl groups is 1. The summed E-state index contributed by atoms with van der Waals surface area (Å²) in [5, 5.41) is 12.1. The van der Waals surface area contributed by atoms with Crippen LogP contribution in [0.3, 0.4) is 0 Å². The topological polar surface area (TPSA) is 45.4 Å². The standard InChI is InChI=1S/C8H12ClNO2/c9-8-7(2-5-12-8)6-10-3-1-4-11/h2,5,10-11H,1,3-4,6H2. The molecule has 0 atom stereocenters. The molecule has 0 radical (unpaired) electrons. The molecule has 0 aliphatic carbocycles. The van der Waals surface area contributed by atoms with Gasteiger partial charge in [0.2, 0.25) is 0 Å². The third-order valence-corrected chi connectivity index (χ3v) is 1.85. The summed E-state index contributed by atoms with van der Waals surface area (Å²) in [5.41, 5.74) is 0.953. The van der Waals surface area contributed by atoms with Crippen LogP contribution in [0.2, 0.25) is 5.22 Å². The van der Waals surface area contributed by atoms with E-state index in [0.29, 0.717) is 11.8 Å². The van der Waals surface area contributed by atoms with Crippen LogP contribution in [0.4, 0.5) is 0 Å². The highest BCUT2D eigenvalue weighted by atomic mass is 35.5. The molecule has 1 rings (SSSR count). The van der Waals surface area contributed by atoms with Crippen molar-refractivity contribution in [2.75, 3.05) is 13.2 Å². The predicted octanol–water partition coefficient (Wildman–Crippen LogP) is 1.40. The van der Waals surface area contributed by atoms with Gasteiger partial charge in [-0.1, -0.05) is 0 Å². The summed E-state index contributed by atoms with van der Waals surface area (Å²) < 4.78 is 4.90. The minimum atomic E-state index is 0.214. The van der Waals surface area contributed by atoms with Gasteiger partial charge < -0.3 is 14.8 Å². The molecular weight excluding hydrogens is 178 g/mol. The average molecular weight is 190 g/mol. The van der Waals surface area contributed by atoms with Gasteiger partial charge in [0, 0.05) is 18.7 Å². The summed E-state index contributed by atoms with van der Waals surface area (Å²) >= 11 is 5.70. The van der Waals surface area contributed by atoms with Gasteiger partial charge in [-0.2, -0.15) is 0 Å². The van der Waals surface area contributed by atoms with Gasteiger partial charge in [0.15, 0.2) is 5.22 Å². The summed E-state index contributed by atoms with van der Waals surface area (Å²) in [5.74, 6) is 0. The highest BCUT2D eigenvalue weighted by Gasteiger charge is 2.00. The molecule has 0 saturated heterocycles. The second kappa shape index (κ2) is 5.19. The first kappa shape index (κ1) is 9.58. The summed E-state index contributed by atoms with van der Waals surface area (Å²) in [6.45, 7) is 1.69. The number of nitrogens with one attached hydrogen (secondary N) is 1. The Balaban J connectivity index is 2.20. The van der Waals surface area contributed by atoms with E-state index in [4.69, 9.17) is 21.1 Å². The largest absolute Gasteiger partial charge is 0.453 e. The first-order valence-corrected chi connectivity index (χ1v) is 4.26. The number of aliphatic hydroxyl groups excluding tert-OH is 1. The lowest BCUT2D eigenvalue weighted by atomic mass is 10.3. The van der Waals surface area contributed by atoms with Gasteiger partial charge in [0.1, 0.15) is 0 Å². The third kappa shape index (κ3) is 2.85. The lowest BCUT2D eigenvalue weighted by Gasteiger charge is -2.00. The Kier molecular flexibility index (Phi) is 4.14. The van der Waals surface area contributed by atoms with Crippen LogP contribution in [0.1, 0.15) is 12.0 Å². The van der Waals surface area contributed by atoms with Crippen LogP contribution in [-0.4, -0.2) is 18.3 Å². The Hall–Kier alpha value is -0.510. The predicted molar refractivity (Wildman–Crippen MR) is 47.1 cm³/mol. The summed E-state index contributed by atoms with van der Waals surface area (Å²) in [6, 6.07) is 1.83. The Bertz CT molecular complexity index is 225. The lowest BCUT2D eigenvalue weighted by molar-refractivity contribution is 0.286. The Morgan fingerprint density at radius 2 is 2.42 bits per heavy atom. The van der Waals surface area contributed by atoms with Crippen LogP contribution >= 0.6 is 11.6 Å². The Labute approximate surface area is 76.3 Å². The smallest absolute Gasteiger partial charge is 0.197 e. The van der Waals surface area contributed by atoms with Crippen molar-refractivity contribution >= 4 is 11.6 Å². The van der Waals surface area contributed by atoms with E-state index in [2.05, 4.69) is 5.32 Å². The normalized spacial score (nSPS) is 10.5. The van der Waals surface area contributed by atoms with E-state index in [1.807, 2.05) is 6.07 Å². The maximum atomic E-state index is 8.49. The van der Waals surface area contributed by atoms with Crippen molar-refractivity contribution in [3.8, 4) is 0 Å². The molecule has 0 amide bonds. The second-order valence-electron chi connectivity index (χ2n) is 2.47. The molecule has 0 fully saturated rings. The van der Waals surface area contributed by atoms with E-state index in [1.165, 1.54) is 0 Å². The monoisotopic (exact) mass is 189 g/mol. The fraction of sp³-hybridized carbons (Fsp3) is 0.500. The number of hydrogen-bond donors (Lipinski definition) is 2. The van der Waals surface area contributed by atoms with Gasteiger partial charge in [0.05, 0.1) is 6.26 Å². The molecule has 1 aromatic heterocycles. The first-order valence-electron chi connectivity index (χ1n) is 3.88. The summed E-state index contributed by atoms with van der Waals surface area (Å²) in [6.07, 6.45) is 2.32. The maximum Gasteiger partial charge on any atom is 0.197 e. The van der Waals surface area contributed by atoms with Crippen LogP contribution in [0.15, 0.2) is 16.7 Å². The van der Waals surface area contributed by atoms with Crippen LogP contribution in [0.25, 0.3) is 0 Å². The number of hydrogen-bond acceptors (Lipinski definition) is 3. The van der Waals surface area contributed by atoms with E-state index in [0.717, 1.165) is 18.5 Å². The van der Waals surface area contributed by atoms with Crippen LogP contribution in [0, 0.1) is 0 Å². The first-order chi connectivity index (χ1) is 5.84. The van der Waals surface area contributed by atoms with Gasteiger partial charge in [-0.15, -0.1) is 0 Å². The van der Waals surface area contributed by atoms with Crippen LogP contribution in [0.5, 0.6) is 0 Å². The quantitative estimate of drug-likeness (QED) is 0.689. The molecule has 68 valence electrons. The second-order valence-corrected chi connectivity index (χ2v) is 2.82. The van der Waals surface area contributed by atoms with Crippen LogP contribution < -0.4 is 5.32 Å². The molecule has 1 heterocycles. The van der Waals surface area contributed by atoms with E-state index >= 15 is 0 Å². The molecule has 1 aromatic rings. The zero-order valence-corrected chi connectivity index (χ0v) is 7.47. The van der Waals surface area contributed by atoms with Crippen molar-refractivity contribution in [2.45, 2.75) is 13.0 Å². The molecule has 0 saturated carbocycles. The zero-order chi connectivity index (χ0) is 8.81. The fourth-order valence-electron chi connectivity index (χ4n) is 0.873. The van der Waals surface area contributed by atoms with Crippen molar-refractivity contribution in [2.24, 2.45) is 0 Å². The molecule has 0 aliphatic rings. The molecule has 3 nitrogen and oxygen atoms in total. The minimum Gasteiger partial charge on any atom is -0.453 e. The van der Waals surface area contributed by atoms with E-state index < -0.39 is 0 Å². The number of furan rings is 1. The molecule has 12 heavy (non-hydrogen) atoms. The Morgan fingerprint density at radius 1 is 1.58 bits per heavy atom. The van der Waals surface area contributed by atoms with Gasteiger partial charge >= 0.3 is 0 Å². The van der Waals surface area contributed by atoms with E-state index in [-0.39, 0.29) is 6.61 Å². The highest BCUT2D eigenvalue weighted by Crippen LogP contribution is 2.15. The molecule has 0 bridgehead atoms. The third-order valence-electron chi connectivity index (χ3n) is 1.52. The number of rotatable bonds is 5. The van der Waals surface area contributed by atoms with Crippen LogP contribution in [-0.2, 0) is 6.54 Å². The molecule has 4 heteroatoms. The molecule has 0 aromatic carbocycles. The van der Waals surface area contributed by atoms with Gasteiger partial charge in [0.25, 0.3) is 0 Å². The zero-order valence-electron chi connectivity index (χ0n) is 6.72. The molecule has 0 aliphatic heterocycles. The van der Waals surface area contributed by atoms with Gasteiger partial charge in [-0.3, -0.25) is 0 Å². The van der Waals surface area contributed by atoms with Crippen molar-refractivity contribution in [1.29, 1.82) is 0 Å². The van der Waals surface area contributed by atoms with Crippen molar-refractivity contribution in [3.05, 3.63) is 23.1 Å². The fourth-order valence-corrected chi connectivity index (χ4v) is 1.05. The van der Waals surface area contributed by atoms with Gasteiger partial charge in [-0.25, -0.2) is 0 Å². The van der Waals surface area contributed by atoms with Crippen molar-refractivity contribution in [1.82, 2.24) is 5.32 Å².